The Bertz CT molecular complexity index is 385. The molecule has 1 rings (SSSR count). The average Bonchev–Trinajstić information content (AvgIpc) is 2.43. The van der Waals surface area contributed by atoms with E-state index in [4.69, 9.17) is 4.74 Å². The smallest absolute Gasteiger partial charge is 0.126 e. The number of hydrogen-bond donors (Lipinski definition) is 1. The fourth-order valence-corrected chi connectivity index (χ4v) is 2.03. The lowest BCUT2D eigenvalue weighted by molar-refractivity contribution is 0.304. The zero-order valence-electron chi connectivity index (χ0n) is 13.2. The van der Waals surface area contributed by atoms with Crippen molar-refractivity contribution in [2.75, 3.05) is 19.7 Å². The molecular formula is C18H29NO. The van der Waals surface area contributed by atoms with E-state index >= 15 is 0 Å². The van der Waals surface area contributed by atoms with Crippen LogP contribution in [0.25, 0.3) is 6.08 Å². The summed E-state index contributed by atoms with van der Waals surface area (Å²) in [5.74, 6) is 1.73. The van der Waals surface area contributed by atoms with Crippen LogP contribution in [0.5, 0.6) is 5.75 Å². The van der Waals surface area contributed by atoms with Gasteiger partial charge in [-0.15, -0.1) is 0 Å². The highest BCUT2D eigenvalue weighted by molar-refractivity contribution is 5.56. The Morgan fingerprint density at radius 3 is 2.70 bits per heavy atom. The molecule has 0 fully saturated rings. The third-order valence-electron chi connectivity index (χ3n) is 3.07. The van der Waals surface area contributed by atoms with Gasteiger partial charge in [-0.05, 0) is 51.3 Å². The van der Waals surface area contributed by atoms with Crippen molar-refractivity contribution < 1.29 is 4.74 Å². The second kappa shape index (κ2) is 10.5. The van der Waals surface area contributed by atoms with Gasteiger partial charge in [-0.25, -0.2) is 0 Å². The molecule has 0 saturated carbocycles. The fraction of sp³-hybridized carbons (Fsp3) is 0.556. The van der Waals surface area contributed by atoms with Crippen molar-refractivity contribution in [1.82, 2.24) is 5.32 Å². The molecule has 0 saturated heterocycles. The fourth-order valence-electron chi connectivity index (χ4n) is 2.03. The van der Waals surface area contributed by atoms with Crippen LogP contribution in [0, 0.1) is 5.92 Å². The van der Waals surface area contributed by atoms with Crippen LogP contribution in [0.1, 0.15) is 45.6 Å². The summed E-state index contributed by atoms with van der Waals surface area (Å²) >= 11 is 0. The van der Waals surface area contributed by atoms with Crippen LogP contribution in [0.2, 0.25) is 0 Å². The van der Waals surface area contributed by atoms with Crippen LogP contribution in [0.15, 0.2) is 30.3 Å². The van der Waals surface area contributed by atoms with Crippen LogP contribution in [-0.4, -0.2) is 19.7 Å². The number of benzene rings is 1. The predicted octanol–water partition coefficient (Wildman–Crippen LogP) is 4.51. The molecule has 1 aromatic carbocycles. The second-order valence-electron chi connectivity index (χ2n) is 5.54. The van der Waals surface area contributed by atoms with Gasteiger partial charge in [-0.1, -0.05) is 44.2 Å². The van der Waals surface area contributed by atoms with E-state index in [2.05, 4.69) is 31.3 Å². The molecule has 0 aliphatic rings. The Kier molecular flexibility index (Phi) is 8.81. The summed E-state index contributed by atoms with van der Waals surface area (Å²) in [5.41, 5.74) is 1.16. The summed E-state index contributed by atoms with van der Waals surface area (Å²) in [6.45, 7) is 9.55. The molecule has 0 atom stereocenters. The predicted molar refractivity (Wildman–Crippen MR) is 88.2 cm³/mol. The van der Waals surface area contributed by atoms with Gasteiger partial charge in [0.15, 0.2) is 0 Å². The standard InChI is InChI=1S/C18H29NO/c1-4-10-17-11-6-7-12-18(17)20-14-9-5-8-13-19-15-16(2)3/h4,6-7,10-12,16,19H,5,8-9,13-15H2,1-3H3. The summed E-state index contributed by atoms with van der Waals surface area (Å²) in [6, 6.07) is 8.20. The molecule has 0 amide bonds. The molecule has 2 nitrogen and oxygen atoms in total. The lowest BCUT2D eigenvalue weighted by atomic mass is 10.2. The van der Waals surface area contributed by atoms with Gasteiger partial charge in [0.05, 0.1) is 6.61 Å². The van der Waals surface area contributed by atoms with Crippen molar-refractivity contribution in [3.05, 3.63) is 35.9 Å². The van der Waals surface area contributed by atoms with Gasteiger partial charge in [-0.2, -0.15) is 0 Å². The number of allylic oxidation sites excluding steroid dienone is 1. The van der Waals surface area contributed by atoms with Gasteiger partial charge < -0.3 is 10.1 Å². The summed E-state index contributed by atoms with van der Waals surface area (Å²) in [4.78, 5) is 0. The molecule has 0 aliphatic carbocycles. The molecule has 0 radical (unpaired) electrons. The maximum Gasteiger partial charge on any atom is 0.126 e. The van der Waals surface area contributed by atoms with Gasteiger partial charge >= 0.3 is 0 Å². The molecule has 2 heteroatoms. The van der Waals surface area contributed by atoms with Gasteiger partial charge in [0, 0.05) is 5.56 Å². The van der Waals surface area contributed by atoms with Gasteiger partial charge in [0.25, 0.3) is 0 Å². The first-order valence-electron chi connectivity index (χ1n) is 7.79. The van der Waals surface area contributed by atoms with Crippen LogP contribution >= 0.6 is 0 Å². The van der Waals surface area contributed by atoms with E-state index in [1.54, 1.807) is 0 Å². The molecule has 0 spiro atoms. The van der Waals surface area contributed by atoms with E-state index in [1.165, 1.54) is 12.8 Å². The summed E-state index contributed by atoms with van der Waals surface area (Å²) in [5, 5.41) is 3.47. The van der Waals surface area contributed by atoms with Crippen molar-refractivity contribution in [3.63, 3.8) is 0 Å². The third-order valence-corrected chi connectivity index (χ3v) is 3.07. The number of unbranched alkanes of at least 4 members (excludes halogenated alkanes) is 2. The van der Waals surface area contributed by atoms with E-state index in [0.717, 1.165) is 43.3 Å². The lowest BCUT2D eigenvalue weighted by Crippen LogP contribution is -2.20. The highest BCUT2D eigenvalue weighted by Crippen LogP contribution is 2.19. The number of hydrogen-bond acceptors (Lipinski definition) is 2. The van der Waals surface area contributed by atoms with Crippen molar-refractivity contribution in [2.24, 2.45) is 5.92 Å². The molecule has 1 aromatic rings. The van der Waals surface area contributed by atoms with Crippen LogP contribution < -0.4 is 10.1 Å². The molecule has 0 aliphatic heterocycles. The molecule has 0 bridgehead atoms. The molecule has 0 unspecified atom stereocenters. The largest absolute Gasteiger partial charge is 0.493 e. The van der Waals surface area contributed by atoms with E-state index in [1.807, 2.05) is 31.2 Å². The summed E-state index contributed by atoms with van der Waals surface area (Å²) in [6.07, 6.45) is 7.70. The van der Waals surface area contributed by atoms with E-state index in [9.17, 15) is 0 Å². The van der Waals surface area contributed by atoms with Crippen molar-refractivity contribution in [2.45, 2.75) is 40.0 Å². The first kappa shape index (κ1) is 16.8. The average molecular weight is 275 g/mol. The summed E-state index contributed by atoms with van der Waals surface area (Å²) in [7, 11) is 0. The molecular weight excluding hydrogens is 246 g/mol. The number of rotatable bonds is 10. The zero-order chi connectivity index (χ0) is 14.6. The highest BCUT2D eigenvalue weighted by atomic mass is 16.5. The lowest BCUT2D eigenvalue weighted by Gasteiger charge is -2.10. The Morgan fingerprint density at radius 1 is 1.15 bits per heavy atom. The SMILES string of the molecule is CC=Cc1ccccc1OCCCCCNCC(C)C. The first-order valence-corrected chi connectivity index (χ1v) is 7.79. The quantitative estimate of drug-likeness (QED) is 0.634. The maximum absolute atomic E-state index is 5.86. The van der Waals surface area contributed by atoms with Gasteiger partial charge in [0.1, 0.15) is 5.75 Å². The van der Waals surface area contributed by atoms with Crippen LogP contribution in [0.3, 0.4) is 0 Å². The molecule has 1 N–H and O–H groups in total. The van der Waals surface area contributed by atoms with Crippen LogP contribution in [-0.2, 0) is 0 Å². The zero-order valence-corrected chi connectivity index (χ0v) is 13.2. The highest BCUT2D eigenvalue weighted by Gasteiger charge is 1.99. The molecule has 0 heterocycles. The van der Waals surface area contributed by atoms with Crippen molar-refractivity contribution in [1.29, 1.82) is 0 Å². The van der Waals surface area contributed by atoms with E-state index in [-0.39, 0.29) is 0 Å². The minimum Gasteiger partial charge on any atom is -0.493 e. The van der Waals surface area contributed by atoms with Crippen molar-refractivity contribution in [3.8, 4) is 5.75 Å². The first-order chi connectivity index (χ1) is 9.74. The van der Waals surface area contributed by atoms with E-state index in [0.29, 0.717) is 0 Å². The molecule has 20 heavy (non-hydrogen) atoms. The Hall–Kier alpha value is -1.28. The number of para-hydroxylation sites is 1. The normalized spacial score (nSPS) is 11.4. The van der Waals surface area contributed by atoms with E-state index < -0.39 is 0 Å². The minimum absolute atomic E-state index is 0.737. The van der Waals surface area contributed by atoms with Gasteiger partial charge in [-0.3, -0.25) is 0 Å². The minimum atomic E-state index is 0.737. The van der Waals surface area contributed by atoms with Crippen molar-refractivity contribution >= 4 is 6.08 Å². The summed E-state index contributed by atoms with van der Waals surface area (Å²) < 4.78 is 5.86. The monoisotopic (exact) mass is 275 g/mol. The van der Waals surface area contributed by atoms with Gasteiger partial charge in [0.2, 0.25) is 0 Å². The van der Waals surface area contributed by atoms with Crippen LogP contribution in [0.4, 0.5) is 0 Å². The topological polar surface area (TPSA) is 21.3 Å². The maximum atomic E-state index is 5.86. The third kappa shape index (κ3) is 7.34. The number of ether oxygens (including phenoxy) is 1. The number of nitrogens with one attached hydrogen (secondary N) is 1. The Labute approximate surface area is 124 Å². The second-order valence-corrected chi connectivity index (χ2v) is 5.54. The molecule has 0 aromatic heterocycles. The Balaban J connectivity index is 2.12. The molecule has 112 valence electrons. The Morgan fingerprint density at radius 2 is 1.95 bits per heavy atom.